The normalized spacial score (nSPS) is 12.5. The Hall–Kier alpha value is -5.38. The molecule has 0 saturated heterocycles. The van der Waals surface area contributed by atoms with Crippen LogP contribution < -0.4 is 69.3 Å². The van der Waals surface area contributed by atoms with E-state index >= 15 is 0 Å². The molecule has 16 nitrogen and oxygen atoms in total. The molecule has 0 aliphatic rings. The van der Waals surface area contributed by atoms with E-state index in [1.807, 2.05) is 0 Å². The maximum Gasteiger partial charge on any atom is 1.00 e. The van der Waals surface area contributed by atoms with Crippen molar-refractivity contribution in [2.45, 2.75) is 9.79 Å². The summed E-state index contributed by atoms with van der Waals surface area (Å²) in [6.45, 7) is 0. The van der Waals surface area contributed by atoms with Crippen molar-refractivity contribution >= 4 is 87.7 Å². The summed E-state index contributed by atoms with van der Waals surface area (Å²) in [6, 6.07) is 32.5. The number of fused-ring (bicyclic) bond motifs is 2. The van der Waals surface area contributed by atoms with E-state index < -0.39 is 64.7 Å². The Morgan fingerprint density at radius 3 is 1.20 bits per heavy atom. The maximum atomic E-state index is 13.5. The van der Waals surface area contributed by atoms with E-state index in [-0.39, 0.29) is 103 Å². The predicted octanol–water partition coefficient (Wildman–Crippen LogP) is 2.75. The Morgan fingerprint density at radius 2 is 0.833 bits per heavy atom. The Labute approximate surface area is 386 Å². The van der Waals surface area contributed by atoms with Crippen LogP contribution in [0.1, 0.15) is 11.1 Å². The summed E-state index contributed by atoms with van der Waals surface area (Å²) in [4.78, 5) is 6.91. The largest absolute Gasteiger partial charge is 1.00 e. The molecule has 0 atom stereocenters. The zero-order valence-corrected chi connectivity index (χ0v) is 37.1. The fraction of sp³-hybridized carbons (Fsp3) is 0. The minimum absolute atomic E-state index is 0. The monoisotopic (exact) mass is 860 g/mol. The van der Waals surface area contributed by atoms with Crippen LogP contribution in [-0.4, -0.2) is 47.9 Å². The van der Waals surface area contributed by atoms with Gasteiger partial charge in [-0.15, -0.1) is 10.2 Å². The Kier molecular flexibility index (Phi) is 14.4. The van der Waals surface area contributed by atoms with E-state index in [1.165, 1.54) is 60.7 Å². The summed E-state index contributed by atoms with van der Waals surface area (Å²) in [7, 11) is -9.76. The van der Waals surface area contributed by atoms with Gasteiger partial charge in [-0.2, -0.15) is 27.1 Å². The first-order valence-electron chi connectivity index (χ1n) is 16.8. The summed E-state index contributed by atoms with van der Waals surface area (Å²) in [5, 5.41) is 64.7. The number of aliphatic hydroxyl groups excluding tert-OH is 2. The Bertz CT molecular complexity index is 2910. The molecule has 0 heterocycles. The number of hydrogen-bond donors (Lipinski definition) is 4. The number of azo groups is 2. The van der Waals surface area contributed by atoms with E-state index in [1.54, 1.807) is 60.7 Å². The van der Waals surface area contributed by atoms with Gasteiger partial charge in [0.05, 0.1) is 34.1 Å². The Morgan fingerprint density at radius 1 is 0.450 bits per heavy atom. The van der Waals surface area contributed by atoms with Gasteiger partial charge in [0.2, 0.25) is 11.8 Å². The van der Waals surface area contributed by atoms with Gasteiger partial charge in [0.15, 0.2) is 0 Å². The van der Waals surface area contributed by atoms with Gasteiger partial charge >= 0.3 is 59.1 Å². The van der Waals surface area contributed by atoms with Crippen molar-refractivity contribution in [1.82, 2.24) is 0 Å². The molecule has 0 amide bonds. The number of aliphatic hydroxyl groups is 2. The first kappa shape index (κ1) is 45.7. The summed E-state index contributed by atoms with van der Waals surface area (Å²) in [5.74, 6) is -2.80. The molecule has 20 heteroatoms. The number of aliphatic imine (C=N–C) groups is 2. The second kappa shape index (κ2) is 18.9. The number of hydrogen-bond acceptors (Lipinski definition) is 12. The van der Waals surface area contributed by atoms with Crippen molar-refractivity contribution < 1.29 is 105 Å². The van der Waals surface area contributed by atoms with Gasteiger partial charge in [-0.3, -0.25) is 9.11 Å². The molecule has 0 aromatic heterocycles. The molecule has 0 bridgehead atoms. The number of benzene rings is 7. The maximum absolute atomic E-state index is 13.5. The molecule has 0 aliphatic heterocycles. The first-order valence-corrected chi connectivity index (χ1v) is 19.6. The molecular weight excluding hydrogens is 835 g/mol. The topological polar surface area (TPSA) is 269 Å². The van der Waals surface area contributed by atoms with Gasteiger partial charge in [-0.25, -0.2) is 9.98 Å². The van der Waals surface area contributed by atoms with Crippen LogP contribution in [0, 0.1) is 0 Å². The van der Waals surface area contributed by atoms with Crippen molar-refractivity contribution in [3.63, 3.8) is 0 Å². The molecule has 7 rings (SSSR count). The molecule has 290 valence electrons. The fourth-order valence-electron chi connectivity index (χ4n) is 5.73. The molecule has 0 saturated carbocycles. The van der Waals surface area contributed by atoms with E-state index in [0.717, 1.165) is 12.1 Å². The number of nitrogens with zero attached hydrogens (tertiary/aromatic N) is 6. The summed E-state index contributed by atoms with van der Waals surface area (Å²) in [6.07, 6.45) is 0. The molecule has 60 heavy (non-hydrogen) atoms. The Balaban J connectivity index is 0.00000341. The summed E-state index contributed by atoms with van der Waals surface area (Å²) >= 11 is 0. The van der Waals surface area contributed by atoms with E-state index in [2.05, 4.69) is 30.4 Å². The molecule has 0 aliphatic carbocycles. The second-order valence-electron chi connectivity index (χ2n) is 12.4. The van der Waals surface area contributed by atoms with Crippen molar-refractivity contribution in [3.8, 4) is 11.5 Å². The molecule has 0 spiro atoms. The molecule has 0 fully saturated rings. The van der Waals surface area contributed by atoms with E-state index in [0.29, 0.717) is 11.4 Å². The van der Waals surface area contributed by atoms with E-state index in [9.17, 15) is 46.4 Å². The van der Waals surface area contributed by atoms with Crippen LogP contribution in [0.15, 0.2) is 174 Å². The average Bonchev–Trinajstić information content (AvgIpc) is 3.20. The molecule has 7 aromatic carbocycles. The van der Waals surface area contributed by atoms with Crippen LogP contribution in [0.25, 0.3) is 21.5 Å². The van der Waals surface area contributed by atoms with Gasteiger partial charge < -0.3 is 20.4 Å². The van der Waals surface area contributed by atoms with Gasteiger partial charge in [-0.1, -0.05) is 66.1 Å². The van der Waals surface area contributed by atoms with Crippen LogP contribution in [0.3, 0.4) is 0 Å². The predicted molar refractivity (Wildman–Crippen MR) is 212 cm³/mol. The smallest absolute Gasteiger partial charge is 0.871 e. The van der Waals surface area contributed by atoms with Gasteiger partial charge in [0.1, 0.15) is 9.79 Å². The third-order valence-corrected chi connectivity index (χ3v) is 10.2. The molecule has 0 unspecified atom stereocenters. The molecule has 0 radical (unpaired) electrons. The third-order valence-electron chi connectivity index (χ3n) is 8.48. The minimum Gasteiger partial charge on any atom is -0.871 e. The SMILES string of the molecule is O=S(=O)(O)c1cc2ccc(N=C(O)c3cccc(C(O)=Nc4ccc5cc(S(=O)(=O)O)c(N=Nc6ccccc6)c([O-])c5c4)c3)cc2c([O-])c1N=Nc1ccccc1.[Na+].[Na+]. The van der Waals surface area contributed by atoms with E-state index in [4.69, 9.17) is 0 Å². The molecule has 4 N–H and O–H groups in total. The number of rotatable bonds is 10. The van der Waals surface area contributed by atoms with Crippen LogP contribution in [0.2, 0.25) is 0 Å². The zero-order valence-electron chi connectivity index (χ0n) is 31.4. The van der Waals surface area contributed by atoms with Crippen molar-refractivity contribution in [3.05, 3.63) is 145 Å². The minimum atomic E-state index is -4.88. The third kappa shape index (κ3) is 10.3. The summed E-state index contributed by atoms with van der Waals surface area (Å²) < 4.78 is 68.4. The fourth-order valence-corrected chi connectivity index (χ4v) is 7.04. The average molecular weight is 861 g/mol. The van der Waals surface area contributed by atoms with Crippen molar-refractivity contribution in [2.24, 2.45) is 30.4 Å². The van der Waals surface area contributed by atoms with Crippen molar-refractivity contribution in [2.75, 3.05) is 0 Å². The van der Waals surface area contributed by atoms with Crippen molar-refractivity contribution in [1.29, 1.82) is 0 Å². The van der Waals surface area contributed by atoms with Gasteiger partial charge in [-0.05, 0) is 100 Å². The van der Waals surface area contributed by atoms with Gasteiger partial charge in [0, 0.05) is 11.1 Å². The van der Waals surface area contributed by atoms with Crippen LogP contribution >= 0.6 is 0 Å². The van der Waals surface area contributed by atoms with Crippen LogP contribution in [0.5, 0.6) is 11.5 Å². The molecule has 7 aromatic rings. The zero-order chi connectivity index (χ0) is 41.2. The van der Waals surface area contributed by atoms with Crippen LogP contribution in [0.4, 0.5) is 34.1 Å². The second-order valence-corrected chi connectivity index (χ2v) is 15.2. The van der Waals surface area contributed by atoms with Gasteiger partial charge in [0.25, 0.3) is 20.2 Å². The first-order chi connectivity index (χ1) is 27.7. The van der Waals surface area contributed by atoms with Crippen LogP contribution in [-0.2, 0) is 20.2 Å². The summed E-state index contributed by atoms with van der Waals surface area (Å²) in [5.41, 5.74) is -0.192. The quantitative estimate of drug-likeness (QED) is 0.0513. The standard InChI is InChI=1S/C40H28N6O10S2.2Na/c47-37-31-21-29(16-14-23(31)19-33(57(51,52)53)35(37)45-43-27-10-3-1-4-11-27)41-39(49)25-8-7-9-26(18-25)40(50)42-30-17-15-24-20-34(58(54,55)56)36(38(48)32(24)22-30)46-44-28-12-5-2-6-13-28;;/h1-22,47-48H,(H,41,49)(H,42,50)(H,51,52,53)(H,54,55,56);;/q;2*+1/p-2. The molecular formula is C40H26N6Na2O10S2.